The van der Waals surface area contributed by atoms with Crippen LogP contribution >= 0.6 is 0 Å². The van der Waals surface area contributed by atoms with Crippen LogP contribution in [0.1, 0.15) is 32.3 Å². The lowest BCUT2D eigenvalue weighted by Crippen LogP contribution is -2.27. The highest BCUT2D eigenvalue weighted by molar-refractivity contribution is 5.76. The molecule has 4 nitrogen and oxygen atoms in total. The van der Waals surface area contributed by atoms with Crippen LogP contribution in [0.25, 0.3) is 0 Å². The number of carbonyl (C=O) groups excluding carboxylic acids is 1. The second-order valence-electron chi connectivity index (χ2n) is 4.90. The lowest BCUT2D eigenvalue weighted by Gasteiger charge is -2.08. The fraction of sp³-hybridized carbons (Fsp3) is 0.467. The molecule has 0 fully saturated rings. The van der Waals surface area contributed by atoms with Crippen LogP contribution in [-0.2, 0) is 4.79 Å². The molecule has 0 aromatic heterocycles. The third-order valence-electron chi connectivity index (χ3n) is 2.72. The molecule has 1 amide bonds. The molecule has 19 heavy (non-hydrogen) atoms. The molecule has 0 saturated carbocycles. The van der Waals surface area contributed by atoms with Gasteiger partial charge in [0.15, 0.2) is 0 Å². The van der Waals surface area contributed by atoms with Crippen molar-refractivity contribution in [3.05, 3.63) is 29.8 Å². The lowest BCUT2D eigenvalue weighted by molar-refractivity contribution is -0.120. The van der Waals surface area contributed by atoms with Gasteiger partial charge in [0.05, 0.1) is 11.6 Å². The van der Waals surface area contributed by atoms with Crippen LogP contribution in [0, 0.1) is 17.2 Å². The monoisotopic (exact) mass is 259 g/mol. The third kappa shape index (κ3) is 6.46. The fourth-order valence-corrected chi connectivity index (χ4v) is 1.61. The summed E-state index contributed by atoms with van der Waals surface area (Å²) >= 11 is 0. The maximum atomic E-state index is 11.5. The van der Waals surface area contributed by atoms with E-state index in [0.29, 0.717) is 24.4 Å². The summed E-state index contributed by atoms with van der Waals surface area (Å²) in [5.41, 5.74) is 1.49. The number of amides is 1. The predicted molar refractivity (Wildman–Crippen MR) is 76.7 cm³/mol. The maximum absolute atomic E-state index is 11.5. The molecule has 0 aliphatic carbocycles. The Morgan fingerprint density at radius 3 is 2.84 bits per heavy atom. The minimum Gasteiger partial charge on any atom is -0.384 e. The summed E-state index contributed by atoms with van der Waals surface area (Å²) in [5, 5.41) is 14.8. The van der Waals surface area contributed by atoms with E-state index in [0.717, 1.165) is 18.7 Å². The molecule has 0 spiro atoms. The smallest absolute Gasteiger partial charge is 0.221 e. The summed E-state index contributed by atoms with van der Waals surface area (Å²) in [6.45, 7) is 5.58. The standard InChI is InChI=1S/C15H21N3O/c1-12(2)6-8-18-15(19)7-9-17-14-5-3-4-13(10-14)11-16/h3-5,10,12,17H,6-9H2,1-2H3,(H,18,19). The van der Waals surface area contributed by atoms with Gasteiger partial charge >= 0.3 is 0 Å². The van der Waals surface area contributed by atoms with Crippen molar-refractivity contribution < 1.29 is 4.79 Å². The van der Waals surface area contributed by atoms with Gasteiger partial charge < -0.3 is 10.6 Å². The summed E-state index contributed by atoms with van der Waals surface area (Å²) < 4.78 is 0. The highest BCUT2D eigenvalue weighted by atomic mass is 16.1. The topological polar surface area (TPSA) is 64.9 Å². The average molecular weight is 259 g/mol. The Morgan fingerprint density at radius 1 is 1.37 bits per heavy atom. The van der Waals surface area contributed by atoms with Gasteiger partial charge in [-0.1, -0.05) is 19.9 Å². The summed E-state index contributed by atoms with van der Waals surface area (Å²) in [6.07, 6.45) is 1.44. The Labute approximate surface area is 114 Å². The van der Waals surface area contributed by atoms with E-state index in [1.807, 2.05) is 12.1 Å². The molecule has 0 bridgehead atoms. The number of nitriles is 1. The minimum absolute atomic E-state index is 0.0598. The number of anilines is 1. The van der Waals surface area contributed by atoms with E-state index in [9.17, 15) is 4.79 Å². The van der Waals surface area contributed by atoms with Gasteiger partial charge in [0.1, 0.15) is 0 Å². The van der Waals surface area contributed by atoms with Crippen LogP contribution in [0.15, 0.2) is 24.3 Å². The van der Waals surface area contributed by atoms with Gasteiger partial charge in [-0.3, -0.25) is 4.79 Å². The molecule has 2 N–H and O–H groups in total. The van der Waals surface area contributed by atoms with Gasteiger partial charge in [-0.05, 0) is 30.5 Å². The number of carbonyl (C=O) groups is 1. The van der Waals surface area contributed by atoms with Crippen molar-refractivity contribution in [1.29, 1.82) is 5.26 Å². The summed E-state index contributed by atoms with van der Waals surface area (Å²) in [6, 6.07) is 9.32. The van der Waals surface area contributed by atoms with Crippen molar-refractivity contribution in [2.75, 3.05) is 18.4 Å². The Kier molecular flexibility index (Phi) is 6.45. The molecule has 0 radical (unpaired) electrons. The number of nitrogens with zero attached hydrogens (tertiary/aromatic N) is 1. The van der Waals surface area contributed by atoms with Crippen molar-refractivity contribution in [2.45, 2.75) is 26.7 Å². The van der Waals surface area contributed by atoms with Crippen molar-refractivity contribution in [2.24, 2.45) is 5.92 Å². The number of benzene rings is 1. The highest BCUT2D eigenvalue weighted by Gasteiger charge is 2.01. The highest BCUT2D eigenvalue weighted by Crippen LogP contribution is 2.09. The van der Waals surface area contributed by atoms with Gasteiger partial charge in [0, 0.05) is 25.2 Å². The SMILES string of the molecule is CC(C)CCNC(=O)CCNc1cccc(C#N)c1. The van der Waals surface area contributed by atoms with E-state index in [4.69, 9.17) is 5.26 Å². The Hall–Kier alpha value is -2.02. The Bertz CT molecular complexity index is 449. The third-order valence-corrected chi connectivity index (χ3v) is 2.72. The first-order chi connectivity index (χ1) is 9.11. The molecule has 102 valence electrons. The second-order valence-corrected chi connectivity index (χ2v) is 4.90. The van der Waals surface area contributed by atoms with Crippen LogP contribution in [0.4, 0.5) is 5.69 Å². The van der Waals surface area contributed by atoms with Crippen LogP contribution in [-0.4, -0.2) is 19.0 Å². The molecule has 0 atom stereocenters. The van der Waals surface area contributed by atoms with Crippen molar-refractivity contribution in [1.82, 2.24) is 5.32 Å². The molecule has 1 aromatic carbocycles. The average Bonchev–Trinajstić information content (AvgIpc) is 2.38. The first kappa shape index (κ1) is 15.0. The van der Waals surface area contributed by atoms with Crippen molar-refractivity contribution in [3.63, 3.8) is 0 Å². The van der Waals surface area contributed by atoms with Crippen molar-refractivity contribution >= 4 is 11.6 Å². The molecule has 0 heterocycles. The van der Waals surface area contributed by atoms with Crippen LogP contribution in [0.3, 0.4) is 0 Å². The zero-order chi connectivity index (χ0) is 14.1. The van der Waals surface area contributed by atoms with Gasteiger partial charge in [-0.2, -0.15) is 5.26 Å². The zero-order valence-corrected chi connectivity index (χ0v) is 11.6. The summed E-state index contributed by atoms with van der Waals surface area (Å²) in [7, 11) is 0. The maximum Gasteiger partial charge on any atom is 0.221 e. The summed E-state index contributed by atoms with van der Waals surface area (Å²) in [5.74, 6) is 0.664. The quantitative estimate of drug-likeness (QED) is 0.790. The first-order valence-corrected chi connectivity index (χ1v) is 6.62. The molecule has 4 heteroatoms. The molecule has 0 unspecified atom stereocenters. The number of rotatable bonds is 7. The largest absolute Gasteiger partial charge is 0.384 e. The second kappa shape index (κ2) is 8.15. The van der Waals surface area contributed by atoms with E-state index in [-0.39, 0.29) is 5.91 Å². The molecule has 0 aliphatic heterocycles. The van der Waals surface area contributed by atoms with Crippen molar-refractivity contribution in [3.8, 4) is 6.07 Å². The molecular weight excluding hydrogens is 238 g/mol. The number of nitrogens with one attached hydrogen (secondary N) is 2. The van der Waals surface area contributed by atoms with Gasteiger partial charge in [-0.25, -0.2) is 0 Å². The molecule has 0 saturated heterocycles. The van der Waals surface area contributed by atoms with E-state index in [1.165, 1.54) is 0 Å². The van der Waals surface area contributed by atoms with E-state index >= 15 is 0 Å². The molecule has 1 aromatic rings. The van der Waals surface area contributed by atoms with E-state index < -0.39 is 0 Å². The van der Waals surface area contributed by atoms with Crippen LogP contribution in [0.2, 0.25) is 0 Å². The molecular formula is C15H21N3O. The fourth-order valence-electron chi connectivity index (χ4n) is 1.61. The van der Waals surface area contributed by atoms with Gasteiger partial charge in [0.25, 0.3) is 0 Å². The Morgan fingerprint density at radius 2 is 2.16 bits per heavy atom. The van der Waals surface area contributed by atoms with E-state index in [1.54, 1.807) is 12.1 Å². The normalized spacial score (nSPS) is 10.0. The molecule has 0 aliphatic rings. The Balaban J connectivity index is 2.22. The predicted octanol–water partition coefficient (Wildman–Crippen LogP) is 2.52. The number of hydrogen-bond donors (Lipinski definition) is 2. The summed E-state index contributed by atoms with van der Waals surface area (Å²) in [4.78, 5) is 11.5. The van der Waals surface area contributed by atoms with Crippen LogP contribution < -0.4 is 10.6 Å². The van der Waals surface area contributed by atoms with Gasteiger partial charge in [-0.15, -0.1) is 0 Å². The first-order valence-electron chi connectivity index (χ1n) is 6.62. The van der Waals surface area contributed by atoms with Gasteiger partial charge in [0.2, 0.25) is 5.91 Å². The zero-order valence-electron chi connectivity index (χ0n) is 11.6. The number of hydrogen-bond acceptors (Lipinski definition) is 3. The minimum atomic E-state index is 0.0598. The van der Waals surface area contributed by atoms with Crippen LogP contribution in [0.5, 0.6) is 0 Å². The molecule has 1 rings (SSSR count). The lowest BCUT2D eigenvalue weighted by atomic mass is 10.1. The van der Waals surface area contributed by atoms with E-state index in [2.05, 4.69) is 30.6 Å².